The highest BCUT2D eigenvalue weighted by Gasteiger charge is 2.26. The van der Waals surface area contributed by atoms with Gasteiger partial charge in [0.1, 0.15) is 4.21 Å². The molecule has 1 atom stereocenters. The predicted molar refractivity (Wildman–Crippen MR) is 117 cm³/mol. The molecule has 166 valence electrons. The predicted octanol–water partition coefficient (Wildman–Crippen LogP) is 2.09. The lowest BCUT2D eigenvalue weighted by Gasteiger charge is -2.36. The van der Waals surface area contributed by atoms with Crippen LogP contribution < -0.4 is 10.0 Å². The molecule has 7 nitrogen and oxygen atoms in total. The van der Waals surface area contributed by atoms with Crippen LogP contribution in [0.5, 0.6) is 0 Å². The van der Waals surface area contributed by atoms with E-state index >= 15 is 0 Å². The maximum Gasteiger partial charge on any atom is 0.250 e. The molecule has 1 aromatic heterocycles. The summed E-state index contributed by atoms with van der Waals surface area (Å²) >= 11 is 1.27. The number of nitrogens with zero attached hydrogens (tertiary/aromatic N) is 1. The van der Waals surface area contributed by atoms with E-state index in [4.69, 9.17) is 4.74 Å². The molecule has 9 heteroatoms. The van der Waals surface area contributed by atoms with Crippen LogP contribution in [0.3, 0.4) is 0 Å². The summed E-state index contributed by atoms with van der Waals surface area (Å²) in [7, 11) is -3.54. The summed E-state index contributed by atoms with van der Waals surface area (Å²) in [6.07, 6.45) is 1.14. The van der Waals surface area contributed by atoms with Crippen molar-refractivity contribution in [1.29, 1.82) is 0 Å². The van der Waals surface area contributed by atoms with Crippen molar-refractivity contribution >= 4 is 27.3 Å². The Hall–Kier alpha value is -1.00. The monoisotopic (exact) mass is 445 g/mol. The normalized spacial score (nSPS) is 17.0. The molecule has 0 radical (unpaired) electrons. The highest BCUT2D eigenvalue weighted by molar-refractivity contribution is 7.91. The van der Waals surface area contributed by atoms with E-state index in [0.29, 0.717) is 55.2 Å². The molecule has 1 amide bonds. The minimum Gasteiger partial charge on any atom is -0.379 e. The first-order valence-corrected chi connectivity index (χ1v) is 12.7. The van der Waals surface area contributed by atoms with Gasteiger partial charge in [0.2, 0.25) is 15.9 Å². The van der Waals surface area contributed by atoms with Gasteiger partial charge in [-0.15, -0.1) is 11.3 Å². The van der Waals surface area contributed by atoms with Crippen LogP contribution in [0.25, 0.3) is 0 Å². The molecule has 2 rings (SSSR count). The first-order valence-electron chi connectivity index (χ1n) is 10.4. The molecule has 29 heavy (non-hydrogen) atoms. The van der Waals surface area contributed by atoms with Crippen molar-refractivity contribution in [2.45, 2.75) is 50.8 Å². The zero-order valence-corrected chi connectivity index (χ0v) is 19.6. The van der Waals surface area contributed by atoms with E-state index in [2.05, 4.69) is 28.8 Å². The number of carbonyl (C=O) groups is 1. The van der Waals surface area contributed by atoms with Crippen molar-refractivity contribution < 1.29 is 17.9 Å². The minimum absolute atomic E-state index is 0.0360. The number of hydrogen-bond acceptors (Lipinski definition) is 6. The molecule has 0 unspecified atom stereocenters. The summed E-state index contributed by atoms with van der Waals surface area (Å²) in [5, 5.41) is 2.89. The van der Waals surface area contributed by atoms with Crippen LogP contribution >= 0.6 is 11.3 Å². The largest absolute Gasteiger partial charge is 0.379 e. The van der Waals surface area contributed by atoms with Gasteiger partial charge in [0.05, 0.1) is 13.2 Å². The van der Waals surface area contributed by atoms with Gasteiger partial charge in [0.15, 0.2) is 0 Å². The molecule has 0 aromatic carbocycles. The van der Waals surface area contributed by atoms with Crippen molar-refractivity contribution in [2.75, 3.05) is 39.4 Å². The van der Waals surface area contributed by atoms with E-state index in [1.807, 2.05) is 19.9 Å². The van der Waals surface area contributed by atoms with Crippen LogP contribution in [-0.2, 0) is 26.0 Å². The standard InChI is InChI=1S/C20H35N3O4S2/c1-15(2)13-19(24)21-8-7-17-5-6-20(28-17)29(25,26)22-14-18(16(3)4)23-9-11-27-12-10-23/h5-6,15-16,18,22H,7-14H2,1-4H3,(H,21,24)/t18-/m1/s1. The van der Waals surface area contributed by atoms with E-state index in [-0.39, 0.29) is 11.9 Å². The Kier molecular flexibility index (Phi) is 9.55. The Bertz CT molecular complexity index is 741. The summed E-state index contributed by atoms with van der Waals surface area (Å²) in [4.78, 5) is 15.0. The Morgan fingerprint density at radius 2 is 1.90 bits per heavy atom. The van der Waals surface area contributed by atoms with Gasteiger partial charge in [-0.3, -0.25) is 9.69 Å². The van der Waals surface area contributed by atoms with Crippen LogP contribution in [-0.4, -0.2) is 64.7 Å². The van der Waals surface area contributed by atoms with E-state index in [0.717, 1.165) is 18.0 Å². The number of sulfonamides is 1. The Labute approximate surface area is 179 Å². The second-order valence-electron chi connectivity index (χ2n) is 8.23. The average molecular weight is 446 g/mol. The zero-order valence-electron chi connectivity index (χ0n) is 17.9. The third-order valence-electron chi connectivity index (χ3n) is 4.96. The van der Waals surface area contributed by atoms with Crippen LogP contribution in [0.2, 0.25) is 0 Å². The number of carbonyl (C=O) groups excluding carboxylic acids is 1. The summed E-state index contributed by atoms with van der Waals surface area (Å²) in [5.41, 5.74) is 0. The van der Waals surface area contributed by atoms with Crippen LogP contribution in [0.1, 0.15) is 39.0 Å². The lowest BCUT2D eigenvalue weighted by Crippen LogP contribution is -2.51. The Morgan fingerprint density at radius 1 is 1.21 bits per heavy atom. The van der Waals surface area contributed by atoms with Gasteiger partial charge in [-0.2, -0.15) is 0 Å². The number of morpholine rings is 1. The molecular formula is C20H35N3O4S2. The molecule has 1 aliphatic heterocycles. The first-order chi connectivity index (χ1) is 13.7. The van der Waals surface area contributed by atoms with Crippen LogP contribution in [0.4, 0.5) is 0 Å². The van der Waals surface area contributed by atoms with Gasteiger partial charge in [-0.05, 0) is 30.4 Å². The molecule has 1 fully saturated rings. The maximum absolute atomic E-state index is 12.7. The SMILES string of the molecule is CC(C)CC(=O)NCCc1ccc(S(=O)(=O)NC[C@H](C(C)C)N2CCOCC2)s1. The lowest BCUT2D eigenvalue weighted by atomic mass is 10.0. The molecule has 1 aromatic rings. The van der Waals surface area contributed by atoms with Crippen molar-refractivity contribution in [3.63, 3.8) is 0 Å². The fourth-order valence-corrected chi connectivity index (χ4v) is 5.82. The van der Waals surface area contributed by atoms with Crippen molar-refractivity contribution in [1.82, 2.24) is 14.9 Å². The molecule has 0 spiro atoms. The van der Waals surface area contributed by atoms with Crippen LogP contribution in [0, 0.1) is 11.8 Å². The van der Waals surface area contributed by atoms with Crippen molar-refractivity contribution in [2.24, 2.45) is 11.8 Å². The third kappa shape index (κ3) is 7.97. The summed E-state index contributed by atoms with van der Waals surface area (Å²) in [6, 6.07) is 3.62. The molecular weight excluding hydrogens is 410 g/mol. The number of hydrogen-bond donors (Lipinski definition) is 2. The summed E-state index contributed by atoms with van der Waals surface area (Å²) < 4.78 is 34.0. The molecule has 2 N–H and O–H groups in total. The Morgan fingerprint density at radius 3 is 2.52 bits per heavy atom. The van der Waals surface area contributed by atoms with E-state index in [1.165, 1.54) is 11.3 Å². The number of nitrogens with one attached hydrogen (secondary N) is 2. The Balaban J connectivity index is 1.88. The topological polar surface area (TPSA) is 87.7 Å². The number of rotatable bonds is 11. The molecule has 0 bridgehead atoms. The molecule has 1 saturated heterocycles. The highest BCUT2D eigenvalue weighted by Crippen LogP contribution is 2.22. The number of amides is 1. The fraction of sp³-hybridized carbons (Fsp3) is 0.750. The first kappa shape index (κ1) is 24.3. The minimum atomic E-state index is -3.54. The second-order valence-corrected chi connectivity index (χ2v) is 11.4. The number of thiophene rings is 1. The van der Waals surface area contributed by atoms with E-state index in [9.17, 15) is 13.2 Å². The third-order valence-corrected chi connectivity index (χ3v) is 8.02. The van der Waals surface area contributed by atoms with Crippen LogP contribution in [0.15, 0.2) is 16.3 Å². The smallest absolute Gasteiger partial charge is 0.250 e. The average Bonchev–Trinajstić information content (AvgIpc) is 3.11. The van der Waals surface area contributed by atoms with Gasteiger partial charge < -0.3 is 10.1 Å². The van der Waals surface area contributed by atoms with Gasteiger partial charge in [-0.25, -0.2) is 13.1 Å². The van der Waals surface area contributed by atoms with Gasteiger partial charge in [0, 0.05) is 43.5 Å². The molecule has 0 saturated carbocycles. The van der Waals surface area contributed by atoms with Crippen molar-refractivity contribution in [3.8, 4) is 0 Å². The van der Waals surface area contributed by atoms with Gasteiger partial charge in [0.25, 0.3) is 0 Å². The van der Waals surface area contributed by atoms with Gasteiger partial charge in [-0.1, -0.05) is 27.7 Å². The molecule has 1 aliphatic rings. The van der Waals surface area contributed by atoms with E-state index in [1.54, 1.807) is 6.07 Å². The number of ether oxygens (including phenoxy) is 1. The fourth-order valence-electron chi connectivity index (χ4n) is 3.37. The zero-order chi connectivity index (χ0) is 21.4. The van der Waals surface area contributed by atoms with Gasteiger partial charge >= 0.3 is 0 Å². The molecule has 0 aliphatic carbocycles. The van der Waals surface area contributed by atoms with E-state index < -0.39 is 10.0 Å². The summed E-state index contributed by atoms with van der Waals surface area (Å²) in [5.74, 6) is 0.699. The van der Waals surface area contributed by atoms with Crippen molar-refractivity contribution in [3.05, 3.63) is 17.0 Å². The maximum atomic E-state index is 12.7. The summed E-state index contributed by atoms with van der Waals surface area (Å²) in [6.45, 7) is 12.2. The lowest BCUT2D eigenvalue weighted by molar-refractivity contribution is -0.121. The second kappa shape index (κ2) is 11.4. The highest BCUT2D eigenvalue weighted by atomic mass is 32.2. The quantitative estimate of drug-likeness (QED) is 0.545. The molecule has 2 heterocycles.